The van der Waals surface area contributed by atoms with Gasteiger partial charge in [-0.25, -0.2) is 9.37 Å². The highest BCUT2D eigenvalue weighted by Crippen LogP contribution is 2.31. The SMILES string of the molecule is CC(=O)N(c1nc(/C=C/C(=O)N2CCN(CCc3ccccc3)CC2)cs1)c1ccccc1F. The highest BCUT2D eigenvalue weighted by atomic mass is 32.1. The number of amides is 2. The molecule has 1 saturated heterocycles. The lowest BCUT2D eigenvalue weighted by molar-refractivity contribution is -0.127. The van der Waals surface area contributed by atoms with Gasteiger partial charge in [0.15, 0.2) is 5.13 Å². The second-order valence-electron chi connectivity index (χ2n) is 8.10. The van der Waals surface area contributed by atoms with Crippen molar-refractivity contribution in [1.29, 1.82) is 0 Å². The highest BCUT2D eigenvalue weighted by Gasteiger charge is 2.21. The smallest absolute Gasteiger partial charge is 0.246 e. The van der Waals surface area contributed by atoms with Gasteiger partial charge in [-0.1, -0.05) is 42.5 Å². The van der Waals surface area contributed by atoms with Crippen molar-refractivity contribution in [3.63, 3.8) is 0 Å². The fraction of sp³-hybridized carbons (Fsp3) is 0.269. The first-order chi connectivity index (χ1) is 16.5. The number of anilines is 2. The van der Waals surface area contributed by atoms with E-state index in [9.17, 15) is 14.0 Å². The number of para-hydroxylation sites is 1. The maximum Gasteiger partial charge on any atom is 0.246 e. The van der Waals surface area contributed by atoms with E-state index >= 15 is 0 Å². The Morgan fingerprint density at radius 3 is 2.47 bits per heavy atom. The van der Waals surface area contributed by atoms with Gasteiger partial charge in [0.25, 0.3) is 0 Å². The number of halogens is 1. The van der Waals surface area contributed by atoms with Crippen molar-refractivity contribution in [2.45, 2.75) is 13.3 Å². The number of carbonyl (C=O) groups excluding carboxylic acids is 2. The number of hydrogen-bond acceptors (Lipinski definition) is 5. The van der Waals surface area contributed by atoms with Gasteiger partial charge in [0.2, 0.25) is 11.8 Å². The van der Waals surface area contributed by atoms with Crippen molar-refractivity contribution in [3.05, 3.63) is 83.1 Å². The van der Waals surface area contributed by atoms with Crippen LogP contribution in [0.5, 0.6) is 0 Å². The number of thiazole rings is 1. The summed E-state index contributed by atoms with van der Waals surface area (Å²) in [5.41, 5.74) is 2.03. The van der Waals surface area contributed by atoms with Gasteiger partial charge in [0.1, 0.15) is 5.82 Å². The predicted molar refractivity (Wildman–Crippen MR) is 134 cm³/mol. The van der Waals surface area contributed by atoms with E-state index in [2.05, 4.69) is 34.1 Å². The van der Waals surface area contributed by atoms with Gasteiger partial charge in [0, 0.05) is 51.1 Å². The van der Waals surface area contributed by atoms with E-state index in [0.29, 0.717) is 23.9 Å². The first kappa shape index (κ1) is 23.8. The summed E-state index contributed by atoms with van der Waals surface area (Å²) >= 11 is 1.23. The van der Waals surface area contributed by atoms with Crippen molar-refractivity contribution < 1.29 is 14.0 Å². The Balaban J connectivity index is 1.32. The van der Waals surface area contributed by atoms with Crippen LogP contribution < -0.4 is 4.90 Å². The molecule has 6 nitrogen and oxygen atoms in total. The molecule has 1 aliphatic heterocycles. The third-order valence-electron chi connectivity index (χ3n) is 5.75. The molecule has 4 rings (SSSR count). The molecule has 0 radical (unpaired) electrons. The van der Waals surface area contributed by atoms with Crippen LogP contribution in [0.2, 0.25) is 0 Å². The molecule has 2 heterocycles. The van der Waals surface area contributed by atoms with Crippen LogP contribution in [-0.4, -0.2) is 59.3 Å². The van der Waals surface area contributed by atoms with Crippen molar-refractivity contribution >= 4 is 40.0 Å². The number of carbonyl (C=O) groups is 2. The zero-order chi connectivity index (χ0) is 23.9. The Kier molecular flexibility index (Phi) is 7.82. The van der Waals surface area contributed by atoms with Crippen LogP contribution in [0.4, 0.5) is 15.2 Å². The normalized spacial score (nSPS) is 14.5. The van der Waals surface area contributed by atoms with Crippen LogP contribution in [0.25, 0.3) is 6.08 Å². The van der Waals surface area contributed by atoms with Crippen LogP contribution in [0.3, 0.4) is 0 Å². The van der Waals surface area contributed by atoms with E-state index in [4.69, 9.17) is 0 Å². The van der Waals surface area contributed by atoms with E-state index in [1.54, 1.807) is 23.6 Å². The van der Waals surface area contributed by atoms with Crippen LogP contribution >= 0.6 is 11.3 Å². The maximum absolute atomic E-state index is 14.2. The lowest BCUT2D eigenvalue weighted by Crippen LogP contribution is -2.48. The number of nitrogens with zero attached hydrogens (tertiary/aromatic N) is 4. The first-order valence-corrected chi connectivity index (χ1v) is 12.1. The minimum atomic E-state index is -0.497. The molecule has 34 heavy (non-hydrogen) atoms. The number of piperazine rings is 1. The summed E-state index contributed by atoms with van der Waals surface area (Å²) in [5, 5.41) is 2.11. The molecule has 8 heteroatoms. The predicted octanol–water partition coefficient (Wildman–Crippen LogP) is 4.37. The molecule has 0 spiro atoms. The molecule has 0 N–H and O–H groups in total. The molecule has 0 aliphatic carbocycles. The molecule has 0 saturated carbocycles. The fourth-order valence-corrected chi connectivity index (χ4v) is 4.73. The van der Waals surface area contributed by atoms with Gasteiger partial charge < -0.3 is 4.90 Å². The quantitative estimate of drug-likeness (QED) is 0.474. The molecular formula is C26H27FN4O2S. The maximum atomic E-state index is 14.2. The molecule has 2 aromatic carbocycles. The third kappa shape index (κ3) is 5.95. The largest absolute Gasteiger partial charge is 0.337 e. The molecule has 0 atom stereocenters. The summed E-state index contributed by atoms with van der Waals surface area (Å²) in [5.74, 6) is -0.894. The molecule has 2 amide bonds. The second-order valence-corrected chi connectivity index (χ2v) is 8.93. The fourth-order valence-electron chi connectivity index (χ4n) is 3.88. The third-order valence-corrected chi connectivity index (χ3v) is 6.59. The summed E-state index contributed by atoms with van der Waals surface area (Å²) in [6, 6.07) is 16.5. The average Bonchev–Trinajstić information content (AvgIpc) is 3.32. The second kappa shape index (κ2) is 11.2. The average molecular weight is 479 g/mol. The van der Waals surface area contributed by atoms with E-state index in [1.807, 2.05) is 11.0 Å². The molecule has 0 bridgehead atoms. The summed E-state index contributed by atoms with van der Waals surface area (Å²) in [6.45, 7) is 5.43. The lowest BCUT2D eigenvalue weighted by Gasteiger charge is -2.34. The van der Waals surface area contributed by atoms with E-state index < -0.39 is 5.82 Å². The molecule has 1 aliphatic rings. The van der Waals surface area contributed by atoms with Crippen LogP contribution in [0.15, 0.2) is 66.1 Å². The van der Waals surface area contributed by atoms with E-state index in [0.717, 1.165) is 26.1 Å². The van der Waals surface area contributed by atoms with Crippen molar-refractivity contribution in [3.8, 4) is 0 Å². The Morgan fingerprint density at radius 2 is 1.76 bits per heavy atom. The molecule has 176 valence electrons. The van der Waals surface area contributed by atoms with Crippen LogP contribution in [0.1, 0.15) is 18.2 Å². The zero-order valence-electron chi connectivity index (χ0n) is 19.1. The summed E-state index contributed by atoms with van der Waals surface area (Å²) in [4.78, 5) is 34.7. The van der Waals surface area contributed by atoms with Gasteiger partial charge in [-0.05, 0) is 30.2 Å². The number of hydrogen-bond donors (Lipinski definition) is 0. The summed E-state index contributed by atoms with van der Waals surface area (Å²) in [6.07, 6.45) is 4.16. The van der Waals surface area contributed by atoms with Gasteiger partial charge >= 0.3 is 0 Å². The number of rotatable bonds is 7. The minimum absolute atomic E-state index is 0.0604. The van der Waals surface area contributed by atoms with E-state index in [1.165, 1.54) is 46.9 Å². The standard InChI is InChI=1S/C26H27FN4O2S/c1-20(32)31(24-10-6-5-9-23(24)27)26-28-22(19-34-26)11-12-25(33)30-17-15-29(16-18-30)14-13-21-7-3-2-4-8-21/h2-12,19H,13-18H2,1H3/b12-11+. The molecular weight excluding hydrogens is 451 g/mol. The molecule has 3 aromatic rings. The molecule has 1 aromatic heterocycles. The van der Waals surface area contributed by atoms with Gasteiger partial charge in [-0.3, -0.25) is 19.4 Å². The van der Waals surface area contributed by atoms with Gasteiger partial charge in [0.05, 0.1) is 11.4 Å². The summed E-state index contributed by atoms with van der Waals surface area (Å²) < 4.78 is 14.2. The number of aromatic nitrogens is 1. The van der Waals surface area contributed by atoms with E-state index in [-0.39, 0.29) is 17.5 Å². The topological polar surface area (TPSA) is 56.8 Å². The zero-order valence-corrected chi connectivity index (χ0v) is 19.9. The summed E-state index contributed by atoms with van der Waals surface area (Å²) in [7, 11) is 0. The minimum Gasteiger partial charge on any atom is -0.337 e. The van der Waals surface area contributed by atoms with Gasteiger partial charge in [-0.2, -0.15) is 0 Å². The Hall–Kier alpha value is -3.36. The molecule has 0 unspecified atom stereocenters. The van der Waals surface area contributed by atoms with Crippen LogP contribution in [-0.2, 0) is 16.0 Å². The lowest BCUT2D eigenvalue weighted by atomic mass is 10.1. The Morgan fingerprint density at radius 1 is 1.06 bits per heavy atom. The first-order valence-electron chi connectivity index (χ1n) is 11.3. The van der Waals surface area contributed by atoms with Crippen molar-refractivity contribution in [2.75, 3.05) is 37.6 Å². The Bertz CT molecular complexity index is 1160. The van der Waals surface area contributed by atoms with Crippen LogP contribution in [0, 0.1) is 5.82 Å². The van der Waals surface area contributed by atoms with Gasteiger partial charge in [-0.15, -0.1) is 11.3 Å². The monoisotopic (exact) mass is 478 g/mol. The van der Waals surface area contributed by atoms with Crippen molar-refractivity contribution in [1.82, 2.24) is 14.8 Å². The highest BCUT2D eigenvalue weighted by molar-refractivity contribution is 7.14. The van der Waals surface area contributed by atoms with Crippen molar-refractivity contribution in [2.24, 2.45) is 0 Å². The molecule has 1 fully saturated rings. The Labute approximate surface area is 202 Å². The number of benzene rings is 2.